The summed E-state index contributed by atoms with van der Waals surface area (Å²) in [6.07, 6.45) is 1.93. The van der Waals surface area contributed by atoms with Gasteiger partial charge in [0.15, 0.2) is 0 Å². The van der Waals surface area contributed by atoms with Gasteiger partial charge in [0.1, 0.15) is 18.3 Å². The zero-order chi connectivity index (χ0) is 12.9. The van der Waals surface area contributed by atoms with Gasteiger partial charge in [0.05, 0.1) is 52.4 Å². The first-order valence-corrected chi connectivity index (χ1v) is 7.02. The average Bonchev–Trinajstić information content (AvgIpc) is 3.28. The van der Waals surface area contributed by atoms with E-state index in [1.165, 1.54) is 0 Å². The molecule has 4 atom stereocenters. The van der Waals surface area contributed by atoms with Gasteiger partial charge in [-0.15, -0.1) is 0 Å². The molecule has 3 fully saturated rings. The lowest BCUT2D eigenvalue weighted by molar-refractivity contribution is -0.0652. The maximum absolute atomic E-state index is 5.74. The van der Waals surface area contributed by atoms with E-state index in [1.54, 1.807) is 0 Å². The summed E-state index contributed by atoms with van der Waals surface area (Å²) < 4.78 is 32.3. The van der Waals surface area contributed by atoms with Crippen LogP contribution in [0.5, 0.6) is 0 Å². The highest BCUT2D eigenvalue weighted by Crippen LogP contribution is 2.14. The van der Waals surface area contributed by atoms with Crippen molar-refractivity contribution in [2.24, 2.45) is 0 Å². The van der Waals surface area contributed by atoms with E-state index in [0.29, 0.717) is 38.6 Å². The summed E-state index contributed by atoms with van der Waals surface area (Å²) in [7, 11) is 0. The van der Waals surface area contributed by atoms with Crippen LogP contribution in [0.15, 0.2) is 0 Å². The molecule has 6 nitrogen and oxygen atoms in total. The molecule has 4 unspecified atom stereocenters. The SMILES string of the molecule is C(CC1CO1)OCC(COCC1CO1)OCC1CO1. The number of hydrogen-bond acceptors (Lipinski definition) is 6. The maximum atomic E-state index is 5.74. The van der Waals surface area contributed by atoms with E-state index >= 15 is 0 Å². The summed E-state index contributed by atoms with van der Waals surface area (Å²) >= 11 is 0. The number of ether oxygens (including phenoxy) is 6. The van der Waals surface area contributed by atoms with Crippen molar-refractivity contribution in [1.82, 2.24) is 0 Å². The van der Waals surface area contributed by atoms with Crippen molar-refractivity contribution in [2.45, 2.75) is 30.8 Å². The topological polar surface area (TPSA) is 65.3 Å². The fourth-order valence-electron chi connectivity index (χ4n) is 1.71. The van der Waals surface area contributed by atoms with Gasteiger partial charge in [-0.05, 0) is 6.42 Å². The molecule has 3 heterocycles. The molecule has 0 radical (unpaired) electrons. The minimum absolute atomic E-state index is 0.0249. The Bertz CT molecular complexity index is 262. The average molecular weight is 274 g/mol. The van der Waals surface area contributed by atoms with E-state index < -0.39 is 0 Å². The molecule has 0 N–H and O–H groups in total. The third-order valence-electron chi connectivity index (χ3n) is 3.22. The summed E-state index contributed by atoms with van der Waals surface area (Å²) in [4.78, 5) is 0. The summed E-state index contributed by atoms with van der Waals surface area (Å²) in [5.41, 5.74) is 0. The van der Waals surface area contributed by atoms with Crippen LogP contribution in [0.4, 0.5) is 0 Å². The Labute approximate surface area is 113 Å². The zero-order valence-electron chi connectivity index (χ0n) is 11.1. The molecular weight excluding hydrogens is 252 g/mol. The molecule has 19 heavy (non-hydrogen) atoms. The van der Waals surface area contributed by atoms with Crippen LogP contribution in [-0.2, 0) is 28.4 Å². The molecule has 110 valence electrons. The quantitative estimate of drug-likeness (QED) is 0.368. The van der Waals surface area contributed by atoms with Crippen LogP contribution >= 0.6 is 0 Å². The molecule has 0 spiro atoms. The first-order chi connectivity index (χ1) is 9.40. The van der Waals surface area contributed by atoms with Crippen molar-refractivity contribution in [3.05, 3.63) is 0 Å². The highest BCUT2D eigenvalue weighted by atomic mass is 16.6. The maximum Gasteiger partial charge on any atom is 0.104 e. The predicted octanol–water partition coefficient (Wildman–Crippen LogP) is -0.00870. The van der Waals surface area contributed by atoms with Crippen molar-refractivity contribution in [3.8, 4) is 0 Å². The lowest BCUT2D eigenvalue weighted by atomic mass is 10.3. The van der Waals surface area contributed by atoms with Gasteiger partial charge in [-0.25, -0.2) is 0 Å². The van der Waals surface area contributed by atoms with Crippen molar-refractivity contribution < 1.29 is 28.4 Å². The first-order valence-electron chi connectivity index (χ1n) is 7.02. The highest BCUT2D eigenvalue weighted by molar-refractivity contribution is 4.71. The Hall–Kier alpha value is -0.240. The van der Waals surface area contributed by atoms with Crippen LogP contribution in [0.3, 0.4) is 0 Å². The van der Waals surface area contributed by atoms with Crippen molar-refractivity contribution in [1.29, 1.82) is 0 Å². The van der Waals surface area contributed by atoms with E-state index in [4.69, 9.17) is 28.4 Å². The molecule has 0 bridgehead atoms. The second kappa shape index (κ2) is 6.97. The lowest BCUT2D eigenvalue weighted by Gasteiger charge is -2.17. The largest absolute Gasteiger partial charge is 0.379 e. The molecule has 0 saturated carbocycles. The van der Waals surface area contributed by atoms with Gasteiger partial charge in [0.2, 0.25) is 0 Å². The zero-order valence-corrected chi connectivity index (χ0v) is 11.1. The van der Waals surface area contributed by atoms with E-state index in [1.807, 2.05) is 0 Å². The minimum Gasteiger partial charge on any atom is -0.379 e. The van der Waals surface area contributed by atoms with Crippen molar-refractivity contribution >= 4 is 0 Å². The fraction of sp³-hybridized carbons (Fsp3) is 1.00. The van der Waals surface area contributed by atoms with Crippen LogP contribution in [0.1, 0.15) is 6.42 Å². The summed E-state index contributed by atoms with van der Waals surface area (Å²) in [6, 6.07) is 0. The summed E-state index contributed by atoms with van der Waals surface area (Å²) in [6.45, 7) is 5.61. The molecule has 3 aliphatic rings. The van der Waals surface area contributed by atoms with Crippen molar-refractivity contribution in [3.63, 3.8) is 0 Å². The Balaban J connectivity index is 1.25. The number of epoxide rings is 3. The van der Waals surface area contributed by atoms with E-state index in [-0.39, 0.29) is 12.2 Å². The summed E-state index contributed by atoms with van der Waals surface area (Å²) in [5, 5.41) is 0. The Morgan fingerprint density at radius 3 is 2.16 bits per heavy atom. The lowest BCUT2D eigenvalue weighted by Crippen LogP contribution is -2.28. The standard InChI is InChI=1S/C13H22O6/c1(10-6-16-10)2-14-3-11(17-8-13-9-19-13)4-15-5-12-7-18-12/h10-13H,1-9H2. The molecule has 3 saturated heterocycles. The normalized spacial score (nSPS) is 33.2. The number of hydrogen-bond donors (Lipinski definition) is 0. The highest BCUT2D eigenvalue weighted by Gasteiger charge is 2.26. The second-order valence-electron chi connectivity index (χ2n) is 5.22. The van der Waals surface area contributed by atoms with E-state index in [2.05, 4.69) is 0 Å². The van der Waals surface area contributed by atoms with Gasteiger partial charge in [-0.1, -0.05) is 0 Å². The molecule has 0 aromatic rings. The minimum atomic E-state index is -0.0249. The van der Waals surface area contributed by atoms with Gasteiger partial charge >= 0.3 is 0 Å². The third-order valence-corrected chi connectivity index (χ3v) is 3.22. The molecular formula is C13H22O6. The first kappa shape index (κ1) is 13.7. The smallest absolute Gasteiger partial charge is 0.104 e. The van der Waals surface area contributed by atoms with Crippen molar-refractivity contribution in [2.75, 3.05) is 52.9 Å². The van der Waals surface area contributed by atoms with Gasteiger partial charge < -0.3 is 28.4 Å². The fourth-order valence-corrected chi connectivity index (χ4v) is 1.71. The second-order valence-corrected chi connectivity index (χ2v) is 5.22. The van der Waals surface area contributed by atoms with Gasteiger partial charge in [-0.3, -0.25) is 0 Å². The summed E-state index contributed by atoms with van der Waals surface area (Å²) in [5.74, 6) is 0. The molecule has 0 aromatic carbocycles. The van der Waals surface area contributed by atoms with Crippen LogP contribution in [-0.4, -0.2) is 77.3 Å². The molecule has 3 rings (SSSR count). The van der Waals surface area contributed by atoms with E-state index in [9.17, 15) is 0 Å². The number of rotatable bonds is 12. The Morgan fingerprint density at radius 2 is 1.47 bits per heavy atom. The third kappa shape index (κ3) is 6.16. The molecule has 6 heteroatoms. The van der Waals surface area contributed by atoms with E-state index in [0.717, 1.165) is 32.8 Å². The van der Waals surface area contributed by atoms with Crippen LogP contribution < -0.4 is 0 Å². The molecule has 0 aromatic heterocycles. The van der Waals surface area contributed by atoms with Gasteiger partial charge in [0, 0.05) is 6.61 Å². The molecule has 0 aliphatic carbocycles. The van der Waals surface area contributed by atoms with Crippen LogP contribution in [0.2, 0.25) is 0 Å². The monoisotopic (exact) mass is 274 g/mol. The Morgan fingerprint density at radius 1 is 0.842 bits per heavy atom. The van der Waals surface area contributed by atoms with Crippen LogP contribution in [0.25, 0.3) is 0 Å². The predicted molar refractivity (Wildman–Crippen MR) is 65.2 cm³/mol. The van der Waals surface area contributed by atoms with Gasteiger partial charge in [-0.2, -0.15) is 0 Å². The van der Waals surface area contributed by atoms with Gasteiger partial charge in [0.25, 0.3) is 0 Å². The molecule has 0 amide bonds. The molecule has 3 aliphatic heterocycles. The van der Waals surface area contributed by atoms with Crippen LogP contribution in [0, 0.1) is 0 Å². The Kier molecular flexibility index (Phi) is 5.03.